The molecule has 0 aromatic heterocycles. The first-order valence-corrected chi connectivity index (χ1v) is 7.33. The van der Waals surface area contributed by atoms with Crippen LogP contribution in [0, 0.1) is 12.8 Å². The second kappa shape index (κ2) is 8.34. The quantitative estimate of drug-likeness (QED) is 0.774. The fourth-order valence-electron chi connectivity index (χ4n) is 2.26. The van der Waals surface area contributed by atoms with E-state index in [9.17, 15) is 0 Å². The second-order valence-electron chi connectivity index (χ2n) is 5.90. The molecule has 0 radical (unpaired) electrons. The van der Waals surface area contributed by atoms with Crippen molar-refractivity contribution in [3.63, 3.8) is 0 Å². The third-order valence-corrected chi connectivity index (χ3v) is 3.53. The molecule has 0 heterocycles. The fraction of sp³-hybridized carbons (Fsp3) is 0.647. The molecule has 0 amide bonds. The molecule has 0 saturated heterocycles. The molecular weight excluding hydrogens is 234 g/mol. The summed E-state index contributed by atoms with van der Waals surface area (Å²) in [7, 11) is 1.80. The van der Waals surface area contributed by atoms with E-state index in [1.807, 2.05) is 0 Å². The molecule has 0 aliphatic heterocycles. The van der Waals surface area contributed by atoms with Crippen LogP contribution in [0.15, 0.2) is 24.3 Å². The maximum Gasteiger partial charge on any atom is 0.0546 e. The van der Waals surface area contributed by atoms with Crippen molar-refractivity contribution in [1.29, 1.82) is 0 Å². The van der Waals surface area contributed by atoms with Gasteiger partial charge in [0.15, 0.2) is 0 Å². The molecule has 1 aromatic carbocycles. The summed E-state index contributed by atoms with van der Waals surface area (Å²) in [5, 5.41) is 3.55. The molecule has 0 spiro atoms. The Morgan fingerprint density at radius 2 is 1.74 bits per heavy atom. The summed E-state index contributed by atoms with van der Waals surface area (Å²) < 4.78 is 5.42. The number of ether oxygens (including phenoxy) is 1. The normalized spacial score (nSPS) is 14.6. The van der Waals surface area contributed by atoms with E-state index in [1.165, 1.54) is 11.1 Å². The highest BCUT2D eigenvalue weighted by Crippen LogP contribution is 2.16. The molecule has 0 fully saturated rings. The molecule has 0 aliphatic rings. The van der Waals surface area contributed by atoms with Crippen molar-refractivity contribution in [3.8, 4) is 0 Å². The number of hydrogen-bond donors (Lipinski definition) is 1. The van der Waals surface area contributed by atoms with Gasteiger partial charge in [-0.25, -0.2) is 0 Å². The highest BCUT2D eigenvalue weighted by molar-refractivity contribution is 5.21. The van der Waals surface area contributed by atoms with Gasteiger partial charge in [0.25, 0.3) is 0 Å². The van der Waals surface area contributed by atoms with Crippen LogP contribution >= 0.6 is 0 Å². The Kier molecular flexibility index (Phi) is 7.11. The predicted molar refractivity (Wildman–Crippen MR) is 82.6 cm³/mol. The van der Waals surface area contributed by atoms with Crippen LogP contribution in [0.4, 0.5) is 0 Å². The van der Waals surface area contributed by atoms with Crippen molar-refractivity contribution >= 4 is 0 Å². The lowest BCUT2D eigenvalue weighted by molar-refractivity contribution is 0.0942. The van der Waals surface area contributed by atoms with Crippen LogP contribution in [-0.4, -0.2) is 25.8 Å². The number of nitrogens with one attached hydrogen (secondary N) is 1. The van der Waals surface area contributed by atoms with Crippen molar-refractivity contribution in [2.75, 3.05) is 13.7 Å². The lowest BCUT2D eigenvalue weighted by Gasteiger charge is -2.22. The van der Waals surface area contributed by atoms with Gasteiger partial charge in [0.1, 0.15) is 0 Å². The Bertz CT molecular complexity index is 345. The molecule has 2 atom stereocenters. The minimum absolute atomic E-state index is 0.324. The summed E-state index contributed by atoms with van der Waals surface area (Å²) >= 11 is 0. The smallest absolute Gasteiger partial charge is 0.0546 e. The molecule has 0 saturated carbocycles. The van der Waals surface area contributed by atoms with Crippen molar-refractivity contribution in [2.24, 2.45) is 5.92 Å². The first-order chi connectivity index (χ1) is 9.01. The van der Waals surface area contributed by atoms with Gasteiger partial charge in [-0.2, -0.15) is 0 Å². The van der Waals surface area contributed by atoms with E-state index in [0.717, 1.165) is 19.4 Å². The minimum Gasteiger partial charge on any atom is -0.382 e. The third kappa shape index (κ3) is 6.74. The van der Waals surface area contributed by atoms with Gasteiger partial charge in [-0.15, -0.1) is 0 Å². The van der Waals surface area contributed by atoms with Crippen LogP contribution in [0.3, 0.4) is 0 Å². The number of benzene rings is 1. The van der Waals surface area contributed by atoms with Crippen LogP contribution in [0.1, 0.15) is 38.3 Å². The average molecular weight is 263 g/mol. The molecule has 1 N–H and O–H groups in total. The van der Waals surface area contributed by atoms with Crippen LogP contribution in [0.25, 0.3) is 0 Å². The van der Waals surface area contributed by atoms with Gasteiger partial charge in [0.05, 0.1) is 6.10 Å². The van der Waals surface area contributed by atoms with Crippen LogP contribution in [-0.2, 0) is 11.2 Å². The SMILES string of the molecule is COC(C)CC(CNC(C)C)Cc1ccc(C)cc1. The van der Waals surface area contributed by atoms with Gasteiger partial charge in [0, 0.05) is 13.2 Å². The summed E-state index contributed by atoms with van der Waals surface area (Å²) in [6.45, 7) is 9.73. The van der Waals surface area contributed by atoms with E-state index in [0.29, 0.717) is 18.1 Å². The number of hydrogen-bond acceptors (Lipinski definition) is 2. The zero-order valence-corrected chi connectivity index (χ0v) is 13.1. The maximum absolute atomic E-state index is 5.42. The number of methoxy groups -OCH3 is 1. The van der Waals surface area contributed by atoms with E-state index in [4.69, 9.17) is 4.74 Å². The molecule has 0 aliphatic carbocycles. The topological polar surface area (TPSA) is 21.3 Å². The zero-order chi connectivity index (χ0) is 14.3. The Hall–Kier alpha value is -0.860. The highest BCUT2D eigenvalue weighted by Gasteiger charge is 2.14. The first-order valence-electron chi connectivity index (χ1n) is 7.33. The van der Waals surface area contributed by atoms with Crippen molar-refractivity contribution in [3.05, 3.63) is 35.4 Å². The van der Waals surface area contributed by atoms with Crippen LogP contribution < -0.4 is 5.32 Å². The molecule has 1 aromatic rings. The lowest BCUT2D eigenvalue weighted by Crippen LogP contribution is -2.31. The molecular formula is C17H29NO. The van der Waals surface area contributed by atoms with Gasteiger partial charge in [0.2, 0.25) is 0 Å². The molecule has 108 valence electrons. The second-order valence-corrected chi connectivity index (χ2v) is 5.90. The number of rotatable bonds is 8. The fourth-order valence-corrected chi connectivity index (χ4v) is 2.26. The van der Waals surface area contributed by atoms with E-state index in [-0.39, 0.29) is 0 Å². The van der Waals surface area contributed by atoms with Crippen LogP contribution in [0.5, 0.6) is 0 Å². The van der Waals surface area contributed by atoms with E-state index >= 15 is 0 Å². The maximum atomic E-state index is 5.42. The zero-order valence-electron chi connectivity index (χ0n) is 13.1. The molecule has 19 heavy (non-hydrogen) atoms. The third-order valence-electron chi connectivity index (χ3n) is 3.53. The monoisotopic (exact) mass is 263 g/mol. The van der Waals surface area contributed by atoms with Gasteiger partial charge < -0.3 is 10.1 Å². The summed E-state index contributed by atoms with van der Waals surface area (Å²) in [4.78, 5) is 0. The van der Waals surface area contributed by atoms with E-state index < -0.39 is 0 Å². The number of aryl methyl sites for hydroxylation is 1. The lowest BCUT2D eigenvalue weighted by atomic mass is 9.93. The van der Waals surface area contributed by atoms with Crippen molar-refractivity contribution in [1.82, 2.24) is 5.32 Å². The van der Waals surface area contributed by atoms with Gasteiger partial charge in [-0.1, -0.05) is 43.7 Å². The molecule has 2 nitrogen and oxygen atoms in total. The first kappa shape index (κ1) is 16.2. The van der Waals surface area contributed by atoms with Crippen molar-refractivity contribution in [2.45, 2.75) is 52.7 Å². The highest BCUT2D eigenvalue weighted by atomic mass is 16.5. The Balaban J connectivity index is 2.58. The van der Waals surface area contributed by atoms with Gasteiger partial charge >= 0.3 is 0 Å². The van der Waals surface area contributed by atoms with Crippen molar-refractivity contribution < 1.29 is 4.74 Å². The summed E-state index contributed by atoms with van der Waals surface area (Å²) in [6.07, 6.45) is 2.54. The minimum atomic E-state index is 0.324. The van der Waals surface area contributed by atoms with Gasteiger partial charge in [-0.3, -0.25) is 0 Å². The molecule has 0 bridgehead atoms. The largest absolute Gasteiger partial charge is 0.382 e. The molecule has 1 rings (SSSR count). The Morgan fingerprint density at radius 1 is 1.11 bits per heavy atom. The van der Waals surface area contributed by atoms with E-state index in [2.05, 4.69) is 57.3 Å². The van der Waals surface area contributed by atoms with Gasteiger partial charge in [-0.05, 0) is 44.7 Å². The Labute approximate surface area is 118 Å². The van der Waals surface area contributed by atoms with E-state index in [1.54, 1.807) is 7.11 Å². The summed E-state index contributed by atoms with van der Waals surface area (Å²) in [5.41, 5.74) is 2.75. The average Bonchev–Trinajstić information content (AvgIpc) is 2.38. The molecule has 2 heteroatoms. The summed E-state index contributed by atoms with van der Waals surface area (Å²) in [6, 6.07) is 9.42. The van der Waals surface area contributed by atoms with Crippen LogP contribution in [0.2, 0.25) is 0 Å². The predicted octanol–water partition coefficient (Wildman–Crippen LogP) is 3.58. The standard InChI is InChI=1S/C17H29NO/c1-13(2)18-12-17(10-15(4)19-5)11-16-8-6-14(3)7-9-16/h6-9,13,15,17-18H,10-12H2,1-5H3. The Morgan fingerprint density at radius 3 is 2.26 bits per heavy atom. The summed E-state index contributed by atoms with van der Waals surface area (Å²) in [5.74, 6) is 0.625. The molecule has 2 unspecified atom stereocenters.